The van der Waals surface area contributed by atoms with Crippen LogP contribution in [-0.2, 0) is 24.8 Å². The van der Waals surface area contributed by atoms with Gasteiger partial charge in [-0.1, -0.05) is 11.3 Å². The third-order valence-corrected chi connectivity index (χ3v) is 9.25. The number of aryl methyl sites for hydroxylation is 1. The maximum atomic E-state index is 13.0. The van der Waals surface area contributed by atoms with Gasteiger partial charge in [-0.05, 0) is 31.2 Å². The van der Waals surface area contributed by atoms with Crippen LogP contribution in [0.4, 0.5) is 18.3 Å². The first-order valence-corrected chi connectivity index (χ1v) is 12.8. The molecular formula is C16H17F3N4O7S3. The average molecular weight is 531 g/mol. The fraction of sp³-hybridized carbons (Fsp3) is 0.375. The van der Waals surface area contributed by atoms with Crippen molar-refractivity contribution in [2.45, 2.75) is 28.4 Å². The number of alkyl halides is 3. The standard InChI is InChI=1S/C16H17F3N4O7S3/c1-9-14(32(20,26)27)31-15(21-9)22-6-7-23(12(8-22)13(24)25)33(28,29)11-4-2-10(3-5-11)30-16(17,18)19/h2-5,12H,6-8H2,1H3,(H,24,25)(H2,20,26,27)/t12-/m1/s1. The van der Waals surface area contributed by atoms with Crippen molar-refractivity contribution >= 4 is 42.5 Å². The highest BCUT2D eigenvalue weighted by atomic mass is 32.2. The van der Waals surface area contributed by atoms with Crippen LogP contribution in [0.5, 0.6) is 5.75 Å². The van der Waals surface area contributed by atoms with E-state index < -0.39 is 49.1 Å². The van der Waals surface area contributed by atoms with Crippen LogP contribution in [0.25, 0.3) is 0 Å². The zero-order valence-corrected chi connectivity index (χ0v) is 19.1. The van der Waals surface area contributed by atoms with Crippen LogP contribution in [0.2, 0.25) is 0 Å². The van der Waals surface area contributed by atoms with Gasteiger partial charge in [0.05, 0.1) is 10.6 Å². The highest BCUT2D eigenvalue weighted by Gasteiger charge is 2.41. The molecule has 17 heteroatoms. The number of ether oxygens (including phenoxy) is 1. The van der Waals surface area contributed by atoms with Crippen molar-refractivity contribution in [1.82, 2.24) is 9.29 Å². The summed E-state index contributed by atoms with van der Waals surface area (Å²) in [5.41, 5.74) is 0.126. The molecule has 0 aliphatic carbocycles. The Balaban J connectivity index is 1.86. The molecule has 1 aliphatic rings. The first-order valence-electron chi connectivity index (χ1n) is 8.95. The number of aromatic nitrogens is 1. The molecular weight excluding hydrogens is 513 g/mol. The van der Waals surface area contributed by atoms with Crippen molar-refractivity contribution in [1.29, 1.82) is 0 Å². The molecule has 0 spiro atoms. The minimum atomic E-state index is -4.96. The Morgan fingerprint density at radius 3 is 2.30 bits per heavy atom. The van der Waals surface area contributed by atoms with Crippen molar-refractivity contribution in [2.24, 2.45) is 5.14 Å². The Labute approximate surface area is 190 Å². The van der Waals surface area contributed by atoms with E-state index in [-0.39, 0.29) is 34.7 Å². The van der Waals surface area contributed by atoms with Gasteiger partial charge in [-0.15, -0.1) is 13.2 Å². The van der Waals surface area contributed by atoms with Gasteiger partial charge in [0.15, 0.2) is 9.34 Å². The molecule has 1 aliphatic heterocycles. The molecule has 1 fully saturated rings. The number of nitrogens with two attached hydrogens (primary N) is 1. The molecule has 0 radical (unpaired) electrons. The number of rotatable bonds is 6. The van der Waals surface area contributed by atoms with Gasteiger partial charge in [0.25, 0.3) is 0 Å². The molecule has 33 heavy (non-hydrogen) atoms. The number of carboxylic acids is 1. The molecule has 0 amide bonds. The molecule has 1 aromatic carbocycles. The van der Waals surface area contributed by atoms with Crippen LogP contribution >= 0.6 is 11.3 Å². The van der Waals surface area contributed by atoms with E-state index in [4.69, 9.17) is 5.14 Å². The van der Waals surface area contributed by atoms with E-state index in [0.29, 0.717) is 4.31 Å². The zero-order chi connectivity index (χ0) is 24.8. The number of hydrogen-bond acceptors (Lipinski definition) is 9. The van der Waals surface area contributed by atoms with E-state index in [9.17, 15) is 39.9 Å². The number of anilines is 1. The van der Waals surface area contributed by atoms with Crippen LogP contribution in [0.1, 0.15) is 5.69 Å². The Hall–Kier alpha value is -2.47. The number of aliphatic carboxylic acids is 1. The lowest BCUT2D eigenvalue weighted by Gasteiger charge is -2.38. The van der Waals surface area contributed by atoms with Crippen LogP contribution in [0, 0.1) is 6.92 Å². The third-order valence-electron chi connectivity index (χ3n) is 4.55. The molecule has 0 unspecified atom stereocenters. The molecule has 11 nitrogen and oxygen atoms in total. The largest absolute Gasteiger partial charge is 0.573 e. The highest BCUT2D eigenvalue weighted by Crippen LogP contribution is 2.32. The van der Waals surface area contributed by atoms with Gasteiger partial charge in [-0.2, -0.15) is 4.31 Å². The number of carbonyl (C=O) groups is 1. The number of piperazine rings is 1. The molecule has 1 aromatic heterocycles. The van der Waals surface area contributed by atoms with Gasteiger partial charge >= 0.3 is 12.3 Å². The van der Waals surface area contributed by atoms with E-state index >= 15 is 0 Å². The first-order chi connectivity index (χ1) is 15.1. The Kier molecular flexibility index (Phi) is 6.64. The number of nitrogens with zero attached hydrogens (tertiary/aromatic N) is 3. The fourth-order valence-electron chi connectivity index (χ4n) is 3.15. The second-order valence-corrected chi connectivity index (χ2v) is 11.5. The molecule has 3 rings (SSSR count). The van der Waals surface area contributed by atoms with Gasteiger partial charge in [0.1, 0.15) is 11.8 Å². The summed E-state index contributed by atoms with van der Waals surface area (Å²) in [5, 5.41) is 14.9. The summed E-state index contributed by atoms with van der Waals surface area (Å²) in [4.78, 5) is 17.0. The number of halogens is 3. The highest BCUT2D eigenvalue weighted by molar-refractivity contribution is 7.91. The normalized spacial score (nSPS) is 18.3. The summed E-state index contributed by atoms with van der Waals surface area (Å²) in [6.07, 6.45) is -4.96. The second kappa shape index (κ2) is 8.71. The van der Waals surface area contributed by atoms with E-state index in [1.54, 1.807) is 0 Å². The number of sulfonamides is 2. The molecule has 182 valence electrons. The predicted molar refractivity (Wildman–Crippen MR) is 109 cm³/mol. The molecule has 3 N–H and O–H groups in total. The van der Waals surface area contributed by atoms with Crippen LogP contribution < -0.4 is 14.8 Å². The first kappa shape index (κ1) is 25.2. The van der Waals surface area contributed by atoms with Crippen molar-refractivity contribution in [2.75, 3.05) is 24.5 Å². The number of hydrogen-bond donors (Lipinski definition) is 2. The second-order valence-electron chi connectivity index (χ2n) is 6.85. The van der Waals surface area contributed by atoms with Crippen LogP contribution in [0.15, 0.2) is 33.4 Å². The number of benzene rings is 1. The van der Waals surface area contributed by atoms with Gasteiger partial charge in [-0.3, -0.25) is 4.79 Å². The van der Waals surface area contributed by atoms with Crippen LogP contribution in [0.3, 0.4) is 0 Å². The zero-order valence-electron chi connectivity index (χ0n) is 16.7. The third kappa shape index (κ3) is 5.55. The van der Waals surface area contributed by atoms with E-state index in [2.05, 4.69) is 9.72 Å². The lowest BCUT2D eigenvalue weighted by atomic mass is 10.2. The summed E-state index contributed by atoms with van der Waals surface area (Å²) in [6.45, 7) is 0.751. The quantitative estimate of drug-likeness (QED) is 0.554. The Morgan fingerprint density at radius 2 is 1.82 bits per heavy atom. The summed E-state index contributed by atoms with van der Waals surface area (Å²) < 4.78 is 90.5. The average Bonchev–Trinajstić information content (AvgIpc) is 3.09. The fourth-order valence-corrected chi connectivity index (χ4v) is 6.69. The van der Waals surface area contributed by atoms with Gasteiger partial charge in [-0.25, -0.2) is 27.0 Å². The van der Waals surface area contributed by atoms with E-state index in [1.165, 1.54) is 11.8 Å². The maximum absolute atomic E-state index is 13.0. The van der Waals surface area contributed by atoms with Crippen molar-refractivity contribution in [3.05, 3.63) is 30.0 Å². The monoisotopic (exact) mass is 530 g/mol. The van der Waals surface area contributed by atoms with Crippen molar-refractivity contribution in [3.8, 4) is 5.75 Å². The lowest BCUT2D eigenvalue weighted by molar-refractivity contribution is -0.274. The predicted octanol–water partition coefficient (Wildman–Crippen LogP) is 0.962. The van der Waals surface area contributed by atoms with Crippen LogP contribution in [-0.4, -0.2) is 69.2 Å². The van der Waals surface area contributed by atoms with E-state index in [0.717, 1.165) is 35.6 Å². The van der Waals surface area contributed by atoms with Gasteiger partial charge in [0, 0.05) is 19.6 Å². The molecule has 0 bridgehead atoms. The smallest absolute Gasteiger partial charge is 0.480 e. The topological polar surface area (TPSA) is 160 Å². The number of primary sulfonamides is 1. The summed E-state index contributed by atoms with van der Waals surface area (Å²) >= 11 is 0.733. The number of thiazole rings is 1. The Bertz CT molecular complexity index is 1260. The summed E-state index contributed by atoms with van der Waals surface area (Å²) in [6, 6.07) is 1.80. The SMILES string of the molecule is Cc1nc(N2CCN(S(=O)(=O)c3ccc(OC(F)(F)F)cc3)[C@@H](C(=O)O)C2)sc1S(N)(=O)=O. The Morgan fingerprint density at radius 1 is 1.21 bits per heavy atom. The number of carboxylic acid groups (broad SMARTS) is 1. The maximum Gasteiger partial charge on any atom is 0.573 e. The summed E-state index contributed by atoms with van der Waals surface area (Å²) in [7, 11) is -8.43. The van der Waals surface area contributed by atoms with Crippen molar-refractivity contribution < 1.29 is 44.6 Å². The molecule has 2 aromatic rings. The summed E-state index contributed by atoms with van der Waals surface area (Å²) in [5.74, 6) is -2.11. The molecule has 1 saturated heterocycles. The van der Waals surface area contributed by atoms with Crippen molar-refractivity contribution in [3.63, 3.8) is 0 Å². The molecule has 0 saturated carbocycles. The lowest BCUT2D eigenvalue weighted by Crippen LogP contribution is -2.58. The minimum Gasteiger partial charge on any atom is -0.480 e. The molecule has 1 atom stereocenters. The minimum absolute atomic E-state index is 0.0186. The van der Waals surface area contributed by atoms with Gasteiger partial charge < -0.3 is 14.7 Å². The molecule has 2 heterocycles. The van der Waals surface area contributed by atoms with Gasteiger partial charge in [0.2, 0.25) is 20.0 Å². The van der Waals surface area contributed by atoms with E-state index in [1.807, 2.05) is 0 Å².